The van der Waals surface area contributed by atoms with Gasteiger partial charge in [-0.3, -0.25) is 14.9 Å². The smallest absolute Gasteiger partial charge is 0.340 e. The van der Waals surface area contributed by atoms with Crippen LogP contribution >= 0.6 is 0 Å². The van der Waals surface area contributed by atoms with Crippen molar-refractivity contribution in [1.82, 2.24) is 14.8 Å². The van der Waals surface area contributed by atoms with E-state index >= 15 is 0 Å². The van der Waals surface area contributed by atoms with Gasteiger partial charge in [0.05, 0.1) is 10.5 Å². The summed E-state index contributed by atoms with van der Waals surface area (Å²) in [6.45, 7) is 1.11. The Labute approximate surface area is 158 Å². The lowest BCUT2D eigenvalue weighted by Gasteiger charge is -2.08. The van der Waals surface area contributed by atoms with Crippen molar-refractivity contribution in [3.8, 4) is 5.82 Å². The second kappa shape index (κ2) is 8.08. The zero-order chi connectivity index (χ0) is 20.1. The molecule has 0 unspecified atom stereocenters. The van der Waals surface area contributed by atoms with Crippen LogP contribution in [0, 0.1) is 17.0 Å². The van der Waals surface area contributed by atoms with E-state index in [4.69, 9.17) is 4.74 Å². The van der Waals surface area contributed by atoms with Gasteiger partial charge in [-0.15, -0.1) is 0 Å². The number of esters is 1. The number of carbonyl (C=O) groups is 2. The highest BCUT2D eigenvalue weighted by Gasteiger charge is 2.17. The molecular weight excluding hydrogens is 366 g/mol. The molecule has 2 aromatic heterocycles. The van der Waals surface area contributed by atoms with Gasteiger partial charge in [-0.1, -0.05) is 6.07 Å². The van der Waals surface area contributed by atoms with Crippen molar-refractivity contribution in [2.24, 2.45) is 0 Å². The first-order valence-corrected chi connectivity index (χ1v) is 8.12. The highest BCUT2D eigenvalue weighted by molar-refractivity contribution is 5.96. The minimum atomic E-state index is -0.743. The van der Waals surface area contributed by atoms with Crippen molar-refractivity contribution in [1.29, 1.82) is 0 Å². The Hall–Kier alpha value is -4.08. The van der Waals surface area contributed by atoms with Crippen molar-refractivity contribution in [3.05, 3.63) is 76.2 Å². The molecule has 0 bridgehead atoms. The maximum atomic E-state index is 12.0. The van der Waals surface area contributed by atoms with E-state index in [1.807, 2.05) is 0 Å². The summed E-state index contributed by atoms with van der Waals surface area (Å²) in [6, 6.07) is 9.20. The van der Waals surface area contributed by atoms with Gasteiger partial charge in [0.1, 0.15) is 5.69 Å². The third kappa shape index (κ3) is 4.36. The summed E-state index contributed by atoms with van der Waals surface area (Å²) < 4.78 is 6.46. The summed E-state index contributed by atoms with van der Waals surface area (Å²) in [5.41, 5.74) is 0.632. The van der Waals surface area contributed by atoms with Crippen molar-refractivity contribution in [2.75, 3.05) is 11.9 Å². The predicted molar refractivity (Wildman–Crippen MR) is 98.1 cm³/mol. The Bertz CT molecular complexity index is 1020. The fraction of sp³-hybridized carbons (Fsp3) is 0.111. The molecule has 0 spiro atoms. The molecule has 28 heavy (non-hydrogen) atoms. The Morgan fingerprint density at radius 2 is 2.11 bits per heavy atom. The maximum absolute atomic E-state index is 12.0. The quantitative estimate of drug-likeness (QED) is 0.394. The van der Waals surface area contributed by atoms with Gasteiger partial charge >= 0.3 is 5.97 Å². The molecule has 1 aromatic carbocycles. The van der Waals surface area contributed by atoms with Crippen molar-refractivity contribution >= 4 is 23.3 Å². The van der Waals surface area contributed by atoms with Crippen LogP contribution in [-0.4, -0.2) is 38.2 Å². The zero-order valence-corrected chi connectivity index (χ0v) is 14.7. The molecular formula is C18H15N5O5. The number of nitro benzene ring substituents is 1. The minimum Gasteiger partial charge on any atom is -0.452 e. The number of anilines is 1. The van der Waals surface area contributed by atoms with Crippen LogP contribution in [0.2, 0.25) is 0 Å². The van der Waals surface area contributed by atoms with Gasteiger partial charge in [-0.2, -0.15) is 5.10 Å². The van der Waals surface area contributed by atoms with E-state index in [0.29, 0.717) is 11.4 Å². The summed E-state index contributed by atoms with van der Waals surface area (Å²) in [5.74, 6) is -0.916. The summed E-state index contributed by atoms with van der Waals surface area (Å²) in [7, 11) is 0. The normalized spacial score (nSPS) is 10.3. The van der Waals surface area contributed by atoms with Crippen LogP contribution in [0.3, 0.4) is 0 Å². The first kappa shape index (κ1) is 18.7. The molecule has 3 aromatic rings. The van der Waals surface area contributed by atoms with Gasteiger partial charge in [-0.25, -0.2) is 14.5 Å². The molecule has 142 valence electrons. The number of benzene rings is 1. The van der Waals surface area contributed by atoms with Gasteiger partial charge in [0.15, 0.2) is 12.4 Å². The van der Waals surface area contributed by atoms with Gasteiger partial charge in [0.25, 0.3) is 11.6 Å². The van der Waals surface area contributed by atoms with Crippen LogP contribution in [0.4, 0.5) is 11.4 Å². The molecule has 0 aliphatic rings. The Morgan fingerprint density at radius 1 is 1.29 bits per heavy atom. The number of nitrogens with one attached hydrogen (secondary N) is 1. The first-order valence-electron chi connectivity index (χ1n) is 8.12. The monoisotopic (exact) mass is 381 g/mol. The fourth-order valence-electron chi connectivity index (χ4n) is 2.35. The molecule has 10 nitrogen and oxygen atoms in total. The van der Waals surface area contributed by atoms with E-state index in [9.17, 15) is 19.7 Å². The standard InChI is InChI=1S/C18H15N5O5/c1-12-3-5-14(15(9-12)23(26)27)21-17(24)11-28-18(25)13-4-6-16(19-10-13)22-8-2-7-20-22/h2-10H,11H2,1H3,(H,21,24). The Balaban J connectivity index is 1.59. The third-order valence-electron chi connectivity index (χ3n) is 3.68. The maximum Gasteiger partial charge on any atom is 0.340 e. The second-order valence-electron chi connectivity index (χ2n) is 5.76. The number of nitrogens with zero attached hydrogens (tertiary/aromatic N) is 4. The predicted octanol–water partition coefficient (Wildman–Crippen LogP) is 2.28. The van der Waals surface area contributed by atoms with Gasteiger partial charge < -0.3 is 10.1 Å². The molecule has 0 atom stereocenters. The lowest BCUT2D eigenvalue weighted by atomic mass is 10.2. The second-order valence-corrected chi connectivity index (χ2v) is 5.76. The number of pyridine rings is 1. The minimum absolute atomic E-state index is 0.0295. The number of rotatable bonds is 6. The largest absolute Gasteiger partial charge is 0.452 e. The third-order valence-corrected chi connectivity index (χ3v) is 3.68. The van der Waals surface area contributed by atoms with Crippen LogP contribution in [-0.2, 0) is 9.53 Å². The molecule has 2 heterocycles. The van der Waals surface area contributed by atoms with Crippen LogP contribution < -0.4 is 5.32 Å². The van der Waals surface area contributed by atoms with Crippen molar-refractivity contribution in [3.63, 3.8) is 0 Å². The summed E-state index contributed by atoms with van der Waals surface area (Å²) >= 11 is 0. The Kier molecular flexibility index (Phi) is 5.40. The van der Waals surface area contributed by atoms with Crippen molar-refractivity contribution < 1.29 is 19.2 Å². The number of hydrogen-bond donors (Lipinski definition) is 1. The van der Waals surface area contributed by atoms with E-state index < -0.39 is 23.4 Å². The molecule has 0 radical (unpaired) electrons. The van der Waals surface area contributed by atoms with Gasteiger partial charge in [0, 0.05) is 24.7 Å². The molecule has 0 saturated carbocycles. The number of aromatic nitrogens is 3. The highest BCUT2D eigenvalue weighted by atomic mass is 16.6. The highest BCUT2D eigenvalue weighted by Crippen LogP contribution is 2.25. The van der Waals surface area contributed by atoms with E-state index in [1.165, 1.54) is 29.1 Å². The number of amides is 1. The molecule has 0 fully saturated rings. The lowest BCUT2D eigenvalue weighted by Crippen LogP contribution is -2.21. The average molecular weight is 381 g/mol. The molecule has 1 N–H and O–H groups in total. The van der Waals surface area contributed by atoms with E-state index in [1.54, 1.807) is 37.5 Å². The number of aryl methyl sites for hydroxylation is 1. The van der Waals surface area contributed by atoms with Crippen LogP contribution in [0.15, 0.2) is 55.0 Å². The van der Waals surface area contributed by atoms with Gasteiger partial charge in [-0.05, 0) is 36.8 Å². The fourth-order valence-corrected chi connectivity index (χ4v) is 2.35. The topological polar surface area (TPSA) is 129 Å². The summed E-state index contributed by atoms with van der Waals surface area (Å²) in [6.07, 6.45) is 4.61. The number of carbonyl (C=O) groups excluding carboxylic acids is 2. The zero-order valence-electron chi connectivity index (χ0n) is 14.7. The number of hydrogen-bond acceptors (Lipinski definition) is 7. The number of nitro groups is 1. The summed E-state index contributed by atoms with van der Waals surface area (Å²) in [5, 5.41) is 17.5. The lowest BCUT2D eigenvalue weighted by molar-refractivity contribution is -0.384. The molecule has 1 amide bonds. The van der Waals surface area contributed by atoms with Crippen LogP contribution in [0.25, 0.3) is 5.82 Å². The van der Waals surface area contributed by atoms with Gasteiger partial charge in [0.2, 0.25) is 0 Å². The van der Waals surface area contributed by atoms with Crippen LogP contribution in [0.1, 0.15) is 15.9 Å². The van der Waals surface area contributed by atoms with E-state index in [0.717, 1.165) is 0 Å². The molecule has 0 aliphatic heterocycles. The van der Waals surface area contributed by atoms with Crippen molar-refractivity contribution in [2.45, 2.75) is 6.92 Å². The SMILES string of the molecule is Cc1ccc(NC(=O)COC(=O)c2ccc(-n3cccn3)nc2)c([N+](=O)[O-])c1. The molecule has 10 heteroatoms. The molecule has 0 saturated heterocycles. The summed E-state index contributed by atoms with van der Waals surface area (Å²) in [4.78, 5) is 38.6. The van der Waals surface area contributed by atoms with Crippen LogP contribution in [0.5, 0.6) is 0 Å². The number of ether oxygens (including phenoxy) is 1. The molecule has 3 rings (SSSR count). The van der Waals surface area contributed by atoms with E-state index in [-0.39, 0.29) is 16.9 Å². The molecule has 0 aliphatic carbocycles. The Morgan fingerprint density at radius 3 is 2.75 bits per heavy atom. The first-order chi connectivity index (χ1) is 13.4. The average Bonchev–Trinajstić information content (AvgIpc) is 3.22. The van der Waals surface area contributed by atoms with E-state index in [2.05, 4.69) is 15.4 Å².